The van der Waals surface area contributed by atoms with Gasteiger partial charge in [-0.1, -0.05) is 6.07 Å². The molecule has 0 saturated heterocycles. The quantitative estimate of drug-likeness (QED) is 0.517. The fourth-order valence-electron chi connectivity index (χ4n) is 2.77. The van der Waals surface area contributed by atoms with E-state index in [4.69, 9.17) is 13.9 Å². The number of methoxy groups -OCH3 is 1. The van der Waals surface area contributed by atoms with Crippen molar-refractivity contribution in [1.82, 2.24) is 9.88 Å². The van der Waals surface area contributed by atoms with Gasteiger partial charge in [0.25, 0.3) is 5.91 Å². The Bertz CT molecular complexity index is 955. The van der Waals surface area contributed by atoms with Crippen molar-refractivity contribution in [2.45, 2.75) is 20.0 Å². The van der Waals surface area contributed by atoms with Crippen LogP contribution in [0.25, 0.3) is 0 Å². The van der Waals surface area contributed by atoms with Crippen LogP contribution in [0, 0.1) is 0 Å². The average molecular weight is 394 g/mol. The highest BCUT2D eigenvalue weighted by Crippen LogP contribution is 2.28. The molecule has 1 aromatic carbocycles. The van der Waals surface area contributed by atoms with Gasteiger partial charge in [-0.05, 0) is 48.9 Å². The second-order valence-corrected chi connectivity index (χ2v) is 6.40. The lowest BCUT2D eigenvalue weighted by atomic mass is 10.1. The zero-order valence-corrected chi connectivity index (χ0v) is 16.3. The molecule has 2 heterocycles. The van der Waals surface area contributed by atoms with E-state index >= 15 is 0 Å². The molecule has 29 heavy (non-hydrogen) atoms. The molecule has 1 amide bonds. The van der Waals surface area contributed by atoms with E-state index < -0.39 is 0 Å². The van der Waals surface area contributed by atoms with Crippen LogP contribution in [0.15, 0.2) is 65.5 Å². The maximum Gasteiger partial charge on any atom is 0.261 e. The molecule has 0 aliphatic rings. The van der Waals surface area contributed by atoms with Crippen LogP contribution in [0.3, 0.4) is 0 Å². The van der Waals surface area contributed by atoms with Crippen molar-refractivity contribution in [3.63, 3.8) is 0 Å². The van der Waals surface area contributed by atoms with E-state index in [1.807, 2.05) is 18.2 Å². The molecule has 0 saturated carbocycles. The van der Waals surface area contributed by atoms with Gasteiger partial charge in [-0.25, -0.2) is 0 Å². The first-order chi connectivity index (χ1) is 14.1. The number of carbonyl (C=O) groups is 2. The maximum absolute atomic E-state index is 12.9. The molecule has 0 bridgehead atoms. The molecule has 150 valence electrons. The first-order valence-corrected chi connectivity index (χ1v) is 9.07. The number of benzene rings is 1. The molecule has 0 N–H and O–H groups in total. The summed E-state index contributed by atoms with van der Waals surface area (Å²) in [7, 11) is 1.49. The minimum absolute atomic E-state index is 0.0768. The summed E-state index contributed by atoms with van der Waals surface area (Å²) < 4.78 is 16.4. The number of carbonyl (C=O) groups excluding carboxylic acids is 2. The maximum atomic E-state index is 12.9. The van der Waals surface area contributed by atoms with Gasteiger partial charge in [0.05, 0.1) is 19.9 Å². The first-order valence-electron chi connectivity index (χ1n) is 9.07. The summed E-state index contributed by atoms with van der Waals surface area (Å²) in [6.07, 6.45) is 4.97. The minimum atomic E-state index is -0.219. The highest BCUT2D eigenvalue weighted by atomic mass is 16.5. The highest BCUT2D eigenvalue weighted by molar-refractivity contribution is 5.94. The molecule has 0 radical (unpaired) electrons. The Morgan fingerprint density at radius 2 is 1.97 bits per heavy atom. The number of amides is 1. The van der Waals surface area contributed by atoms with E-state index in [2.05, 4.69) is 4.98 Å². The topological polar surface area (TPSA) is 81.9 Å². The smallest absolute Gasteiger partial charge is 0.261 e. The zero-order valence-electron chi connectivity index (χ0n) is 16.3. The number of ketones is 1. The van der Waals surface area contributed by atoms with Crippen molar-refractivity contribution < 1.29 is 23.5 Å². The average Bonchev–Trinajstić information content (AvgIpc) is 3.25. The van der Waals surface area contributed by atoms with Gasteiger partial charge in [0.1, 0.15) is 5.76 Å². The summed E-state index contributed by atoms with van der Waals surface area (Å²) in [5.74, 6) is 1.17. The van der Waals surface area contributed by atoms with Crippen molar-refractivity contribution in [1.29, 1.82) is 0 Å². The third-order valence-corrected chi connectivity index (χ3v) is 4.30. The normalized spacial score (nSPS) is 10.4. The van der Waals surface area contributed by atoms with Crippen LogP contribution in [-0.2, 0) is 17.9 Å². The Labute approximate surface area is 168 Å². The summed E-state index contributed by atoms with van der Waals surface area (Å²) >= 11 is 0. The number of pyridine rings is 1. The largest absolute Gasteiger partial charge is 0.493 e. The van der Waals surface area contributed by atoms with Crippen LogP contribution in [0.1, 0.15) is 28.6 Å². The molecule has 0 aliphatic heterocycles. The van der Waals surface area contributed by atoms with Crippen LogP contribution in [0.5, 0.6) is 11.5 Å². The Morgan fingerprint density at radius 1 is 1.10 bits per heavy atom. The molecular formula is C22H22N2O5. The number of hydrogen-bond acceptors (Lipinski definition) is 6. The first kappa shape index (κ1) is 20.1. The predicted octanol–water partition coefficient (Wildman–Crippen LogP) is 3.49. The number of aromatic nitrogens is 1. The Kier molecular flexibility index (Phi) is 6.63. The van der Waals surface area contributed by atoms with Crippen molar-refractivity contribution >= 4 is 11.7 Å². The molecular weight excluding hydrogens is 372 g/mol. The van der Waals surface area contributed by atoms with Crippen LogP contribution in [0.2, 0.25) is 0 Å². The van der Waals surface area contributed by atoms with E-state index in [-0.39, 0.29) is 18.3 Å². The van der Waals surface area contributed by atoms with Crippen molar-refractivity contribution in [2.75, 3.05) is 13.7 Å². The molecule has 7 nitrogen and oxygen atoms in total. The van der Waals surface area contributed by atoms with Gasteiger partial charge in [-0.15, -0.1) is 0 Å². The van der Waals surface area contributed by atoms with Crippen LogP contribution in [0.4, 0.5) is 0 Å². The standard InChI is InChI=1S/C22H22N2O5/c1-16(25)18-7-8-20(21(11-18)27-2)29-15-22(26)24(14-19-6-4-10-28-19)13-17-5-3-9-23-12-17/h3-12H,13-15H2,1-2H3. The van der Waals surface area contributed by atoms with Gasteiger partial charge in [-0.2, -0.15) is 0 Å². The lowest BCUT2D eigenvalue weighted by molar-refractivity contribution is -0.134. The monoisotopic (exact) mass is 394 g/mol. The van der Waals surface area contributed by atoms with Gasteiger partial charge >= 0.3 is 0 Å². The second-order valence-electron chi connectivity index (χ2n) is 6.40. The lowest BCUT2D eigenvalue weighted by Crippen LogP contribution is -2.34. The molecule has 7 heteroatoms. The number of furan rings is 1. The van der Waals surface area contributed by atoms with Gasteiger partial charge in [0, 0.05) is 24.5 Å². The molecule has 0 atom stereocenters. The molecule has 0 unspecified atom stereocenters. The number of Topliss-reactive ketones (excluding diaryl/α,β-unsaturated/α-hetero) is 1. The number of nitrogens with zero attached hydrogens (tertiary/aromatic N) is 2. The van der Waals surface area contributed by atoms with E-state index in [0.717, 1.165) is 5.56 Å². The summed E-state index contributed by atoms with van der Waals surface area (Å²) in [5, 5.41) is 0. The fourth-order valence-corrected chi connectivity index (χ4v) is 2.77. The van der Waals surface area contributed by atoms with E-state index in [9.17, 15) is 9.59 Å². The van der Waals surface area contributed by atoms with Gasteiger partial charge in [-0.3, -0.25) is 14.6 Å². The van der Waals surface area contributed by atoms with Crippen molar-refractivity contribution in [3.8, 4) is 11.5 Å². The van der Waals surface area contributed by atoms with Gasteiger partial charge in [0.2, 0.25) is 0 Å². The molecule has 3 rings (SSSR count). The summed E-state index contributed by atoms with van der Waals surface area (Å²) in [4.78, 5) is 30.1. The predicted molar refractivity (Wildman–Crippen MR) is 106 cm³/mol. The Balaban J connectivity index is 1.71. The number of ether oxygens (including phenoxy) is 2. The number of rotatable bonds is 9. The third kappa shape index (κ3) is 5.44. The summed E-state index contributed by atoms with van der Waals surface area (Å²) in [5.41, 5.74) is 1.41. The minimum Gasteiger partial charge on any atom is -0.493 e. The van der Waals surface area contributed by atoms with E-state index in [1.54, 1.807) is 47.8 Å². The van der Waals surface area contributed by atoms with Crippen molar-refractivity contribution in [2.24, 2.45) is 0 Å². The highest BCUT2D eigenvalue weighted by Gasteiger charge is 2.18. The third-order valence-electron chi connectivity index (χ3n) is 4.30. The van der Waals surface area contributed by atoms with Crippen LogP contribution < -0.4 is 9.47 Å². The molecule has 3 aromatic rings. The lowest BCUT2D eigenvalue weighted by Gasteiger charge is -2.22. The van der Waals surface area contributed by atoms with Gasteiger partial charge in [0.15, 0.2) is 23.9 Å². The Morgan fingerprint density at radius 3 is 2.62 bits per heavy atom. The SMILES string of the molecule is COc1cc(C(C)=O)ccc1OCC(=O)N(Cc1cccnc1)Cc1ccco1. The Hall–Kier alpha value is -3.61. The van der Waals surface area contributed by atoms with Gasteiger partial charge < -0.3 is 18.8 Å². The molecule has 0 fully saturated rings. The van der Waals surface area contributed by atoms with Crippen LogP contribution >= 0.6 is 0 Å². The second kappa shape index (κ2) is 9.54. The van der Waals surface area contributed by atoms with E-state index in [0.29, 0.717) is 35.9 Å². The zero-order chi connectivity index (χ0) is 20.6. The molecule has 0 spiro atoms. The van der Waals surface area contributed by atoms with Crippen molar-refractivity contribution in [3.05, 3.63) is 78.0 Å². The fraction of sp³-hybridized carbons (Fsp3) is 0.227. The van der Waals surface area contributed by atoms with Crippen LogP contribution in [-0.4, -0.2) is 35.3 Å². The summed E-state index contributed by atoms with van der Waals surface area (Å²) in [6.45, 7) is 1.97. The number of hydrogen-bond donors (Lipinski definition) is 0. The molecule has 2 aromatic heterocycles. The van der Waals surface area contributed by atoms with E-state index in [1.165, 1.54) is 14.0 Å². The summed E-state index contributed by atoms with van der Waals surface area (Å²) in [6, 6.07) is 12.2. The molecule has 0 aliphatic carbocycles.